The zero-order chi connectivity index (χ0) is 62.5. The minimum Gasteiger partial charge on any atom is -0.376 e. The smallest absolute Gasteiger partial charge is 0.203 e. The quantitative estimate of drug-likeness (QED) is 0.0823. The predicted molar refractivity (Wildman–Crippen MR) is 323 cm³/mol. The number of rotatable bonds is 24. The number of hydrogen-bond donors (Lipinski definition) is 0. The molecule has 7 aliphatic heterocycles. The Morgan fingerprint density at radius 2 is 0.841 bits per heavy atom. The molecule has 8 unspecified atom stereocenters. The molecule has 0 saturated carbocycles. The summed E-state index contributed by atoms with van der Waals surface area (Å²) in [4.78, 5) is 5.87. The highest BCUT2D eigenvalue weighted by molar-refractivity contribution is 7.59. The van der Waals surface area contributed by atoms with Crippen molar-refractivity contribution in [2.75, 3.05) is 79.9 Å². The molecule has 0 aliphatic carbocycles. The summed E-state index contributed by atoms with van der Waals surface area (Å²) in [6.07, 6.45) is -0.803. The maximum absolute atomic E-state index is 12.8. The molecule has 7 saturated heterocycles. The van der Waals surface area contributed by atoms with Crippen molar-refractivity contribution in [1.29, 1.82) is 0 Å². The van der Waals surface area contributed by atoms with Crippen molar-refractivity contribution in [3.63, 3.8) is 0 Å². The highest BCUT2D eigenvalue weighted by Crippen LogP contribution is 2.58. The predicted octanol–water partition coefficient (Wildman–Crippen LogP) is 11.8. The van der Waals surface area contributed by atoms with Gasteiger partial charge in [0.05, 0.1) is 101 Å². The number of fused-ring (bicyclic) bond motifs is 6. The Morgan fingerprint density at radius 1 is 0.476 bits per heavy atom. The Morgan fingerprint density at radius 3 is 1.28 bits per heavy atom. The van der Waals surface area contributed by atoms with Crippen LogP contribution in [-0.4, -0.2) is 222 Å². The van der Waals surface area contributed by atoms with Crippen LogP contribution in [0.3, 0.4) is 0 Å². The number of nitrogens with zero attached hydrogens (tertiary/aromatic N) is 1. The molecule has 6 bridgehead atoms. The highest BCUT2D eigenvalue weighted by atomic mass is 31.2. The number of likely N-dealkylation sites (N-methyl/N-ethyl adjacent to an activating group) is 1. The molecule has 486 valence electrons. The van der Waals surface area contributed by atoms with Crippen molar-refractivity contribution in [3.05, 3.63) is 0 Å². The van der Waals surface area contributed by atoms with E-state index in [1.165, 1.54) is 0 Å². The normalized spacial score (nSPS) is 38.1. The van der Waals surface area contributed by atoms with E-state index in [1.54, 1.807) is 31.7 Å². The van der Waals surface area contributed by atoms with Gasteiger partial charge in [-0.05, 0) is 83.1 Å². The van der Waals surface area contributed by atoms with Crippen LogP contribution in [0.15, 0.2) is 0 Å². The molecule has 7 heterocycles. The van der Waals surface area contributed by atoms with E-state index in [1.807, 2.05) is 146 Å². The molecule has 0 radical (unpaired) electrons. The SMILES string of the molecule is CC(C)OC[C@H]1O[C@@H](C)[C@@H](C)C1OP(C)(=O)C(C)C.CC(C)OC[C@]12CCO[C@@H](C1OP(C)(=O)C(C)C)[C@H](C)O2.CC(C)OC[C@]12CN(C)O[C@@H](C1OP(C)(=O)C(C)C)[C@H](C)O2.CC(C)OC[C@]12CO[C@@H](C1OP(C)(=O)C(C)C)[C@H](C)O2. The molecule has 7 rings (SSSR count). The van der Waals surface area contributed by atoms with E-state index in [2.05, 4.69) is 6.92 Å². The third-order valence-electron chi connectivity index (χ3n) is 16.9. The van der Waals surface area contributed by atoms with E-state index in [4.69, 9.17) is 70.3 Å². The third-order valence-corrected chi connectivity index (χ3v) is 27.0. The summed E-state index contributed by atoms with van der Waals surface area (Å²) < 4.78 is 134. The molecule has 0 spiro atoms. The standard InChI is InChI=1S/C15H30NO5P.C15H29O5P.C14H27O5P.C14H29O4P/c1-10(2)18-9-15-8-16(6)20-13(12(5)19-15)14(15)21-22(7,17)11(3)4;1-10(2)18-9-15-7-8-17-13(12(5)19-15)14(15)20-21(6,16)11(3)4;1-9(2)16-7-14-8-17-12(11(5)18-14)13(14)19-20(6,15)10(3)4;1-9(2)16-8-13-14(11(5)12(6)17-13)18-19(7,15)10(3)4/h10-14H,8-9H2,1-7H3;10-14H,7-9H2,1-6H3;9-13H,7-8H2,1-6H3;9-14H,8H2,1-7H3/t12-,13+,14?,15+,22?;12-,13+,14?,15+,21?;11-,12+,13?,14-,20?;11-,12+,13-,14?,19?/m0001/s1. The Kier molecular flexibility index (Phi) is 27.7. The van der Waals surface area contributed by atoms with Gasteiger partial charge in [0.1, 0.15) is 59.5 Å². The van der Waals surface area contributed by atoms with Crippen LogP contribution in [-0.2, 0) is 88.6 Å². The molecular weight excluding hydrogens is 1140 g/mol. The fourth-order valence-corrected chi connectivity index (χ4v) is 14.5. The van der Waals surface area contributed by atoms with E-state index in [0.717, 1.165) is 0 Å². The first-order valence-electron chi connectivity index (χ1n) is 30.4. The first-order chi connectivity index (χ1) is 37.6. The van der Waals surface area contributed by atoms with Crippen molar-refractivity contribution < 1.29 is 88.6 Å². The molecule has 0 aromatic carbocycles. The van der Waals surface area contributed by atoms with Gasteiger partial charge in [-0.3, -0.25) is 23.1 Å². The largest absolute Gasteiger partial charge is 0.376 e. The first kappa shape index (κ1) is 74.7. The average molecular weight is 1250 g/mol. The van der Waals surface area contributed by atoms with E-state index in [9.17, 15) is 18.3 Å². The zero-order valence-corrected chi connectivity index (χ0v) is 58.9. The van der Waals surface area contributed by atoms with Crippen molar-refractivity contribution in [3.8, 4) is 0 Å². The van der Waals surface area contributed by atoms with Crippen molar-refractivity contribution in [2.24, 2.45) is 5.92 Å². The fourth-order valence-electron chi connectivity index (χ4n) is 10.4. The van der Waals surface area contributed by atoms with Gasteiger partial charge in [0.25, 0.3) is 0 Å². The Balaban J connectivity index is 0.000000235. The molecule has 82 heavy (non-hydrogen) atoms. The lowest BCUT2D eigenvalue weighted by atomic mass is 9.90. The molecule has 0 aromatic rings. The zero-order valence-electron chi connectivity index (χ0n) is 55.3. The second-order valence-corrected chi connectivity index (χ2v) is 39.0. The third kappa shape index (κ3) is 19.2. The maximum atomic E-state index is 12.8. The molecule has 0 N–H and O–H groups in total. The molecule has 0 aromatic heterocycles. The van der Waals surface area contributed by atoms with Crippen LogP contribution in [0.25, 0.3) is 0 Å². The van der Waals surface area contributed by atoms with Gasteiger partial charge < -0.3 is 65.5 Å². The molecule has 20 atom stereocenters. The molecular formula is C58H115NO19P4. The van der Waals surface area contributed by atoms with Crippen molar-refractivity contribution in [2.45, 2.75) is 289 Å². The van der Waals surface area contributed by atoms with Crippen LogP contribution >= 0.6 is 29.5 Å². The van der Waals surface area contributed by atoms with Crippen LogP contribution in [0.2, 0.25) is 0 Å². The number of hydrogen-bond acceptors (Lipinski definition) is 20. The lowest BCUT2D eigenvalue weighted by molar-refractivity contribution is -0.254. The average Bonchev–Trinajstić information content (AvgIpc) is 3.51. The second-order valence-electron chi connectivity index (χ2n) is 26.7. The number of hydroxylamine groups is 2. The van der Waals surface area contributed by atoms with Gasteiger partial charge in [-0.15, -0.1) is 0 Å². The minimum atomic E-state index is -2.74. The van der Waals surface area contributed by atoms with Gasteiger partial charge in [0, 0.05) is 68.7 Å². The molecule has 20 nitrogen and oxygen atoms in total. The maximum Gasteiger partial charge on any atom is 0.203 e. The van der Waals surface area contributed by atoms with Gasteiger partial charge in [0.15, 0.2) is 0 Å². The van der Waals surface area contributed by atoms with Gasteiger partial charge in [-0.2, -0.15) is 5.06 Å². The summed E-state index contributed by atoms with van der Waals surface area (Å²) >= 11 is 0. The van der Waals surface area contributed by atoms with Gasteiger partial charge in [-0.25, -0.2) is 0 Å². The van der Waals surface area contributed by atoms with Crippen LogP contribution in [0.1, 0.15) is 152 Å². The first-order valence-corrected chi connectivity index (χ1v) is 38.9. The summed E-state index contributed by atoms with van der Waals surface area (Å²) in [6, 6.07) is 0. The van der Waals surface area contributed by atoms with Crippen LogP contribution in [0.5, 0.6) is 0 Å². The Bertz CT molecular complexity index is 2170. The second kappa shape index (κ2) is 30.4. The molecule has 24 heteroatoms. The summed E-state index contributed by atoms with van der Waals surface area (Å²) in [7, 11) is -8.84. The Hall–Kier alpha value is 0.280. The number of ether oxygens (including phenoxy) is 10. The lowest BCUT2D eigenvalue weighted by Crippen LogP contribution is -2.60. The van der Waals surface area contributed by atoms with Gasteiger partial charge >= 0.3 is 0 Å². The van der Waals surface area contributed by atoms with Crippen molar-refractivity contribution in [1.82, 2.24) is 5.06 Å². The fraction of sp³-hybridized carbons (Fsp3) is 1.00. The van der Waals surface area contributed by atoms with E-state index >= 15 is 0 Å². The molecule has 7 fully saturated rings. The van der Waals surface area contributed by atoms with Gasteiger partial charge in [0.2, 0.25) is 29.5 Å². The van der Waals surface area contributed by atoms with Crippen LogP contribution < -0.4 is 0 Å². The lowest BCUT2D eigenvalue weighted by Gasteiger charge is -2.43. The van der Waals surface area contributed by atoms with E-state index in [0.29, 0.717) is 52.6 Å². The minimum absolute atomic E-state index is 0.0131. The highest BCUT2D eigenvalue weighted by Gasteiger charge is 2.64. The summed E-state index contributed by atoms with van der Waals surface area (Å²) in [6.45, 7) is 51.5. The topological polar surface area (TPSA) is 210 Å². The Labute approximate surface area is 495 Å². The van der Waals surface area contributed by atoms with Gasteiger partial charge in [-0.1, -0.05) is 62.3 Å². The van der Waals surface area contributed by atoms with E-state index in [-0.39, 0.29) is 126 Å². The summed E-state index contributed by atoms with van der Waals surface area (Å²) in [5.74, 6) is 0.229. The monoisotopic (exact) mass is 1250 g/mol. The molecule has 7 aliphatic rings. The van der Waals surface area contributed by atoms with Crippen LogP contribution in [0, 0.1) is 5.92 Å². The molecule has 0 amide bonds. The van der Waals surface area contributed by atoms with E-state index < -0.39 is 46.3 Å². The summed E-state index contributed by atoms with van der Waals surface area (Å²) in [5, 5.41) is 1.77. The summed E-state index contributed by atoms with van der Waals surface area (Å²) in [5.41, 5.74) is -1.82. The van der Waals surface area contributed by atoms with Crippen molar-refractivity contribution >= 4 is 29.5 Å². The van der Waals surface area contributed by atoms with Crippen LogP contribution in [0.4, 0.5) is 0 Å².